The summed E-state index contributed by atoms with van der Waals surface area (Å²) in [4.78, 5) is 11.2. The number of halogens is 1. The summed E-state index contributed by atoms with van der Waals surface area (Å²) in [5.74, 6) is -0.204. The van der Waals surface area contributed by atoms with Crippen LogP contribution in [0.4, 0.5) is 0 Å². The third kappa shape index (κ3) is 4.08. The summed E-state index contributed by atoms with van der Waals surface area (Å²) in [5.41, 5.74) is 0.837. The van der Waals surface area contributed by atoms with E-state index in [1.807, 2.05) is 6.92 Å². The highest BCUT2D eigenvalue weighted by atomic mass is 79.9. The van der Waals surface area contributed by atoms with Crippen molar-refractivity contribution in [3.63, 3.8) is 0 Å². The number of hydrogen-bond acceptors (Lipinski definition) is 3. The number of aryl methyl sites for hydroxylation is 1. The van der Waals surface area contributed by atoms with Crippen LogP contribution in [0.15, 0.2) is 27.6 Å². The molecule has 1 rings (SSSR count). The molecule has 0 aromatic heterocycles. The monoisotopic (exact) mass is 334 g/mol. The third-order valence-corrected chi connectivity index (χ3v) is 4.71. The minimum absolute atomic E-state index is 0.0805. The van der Waals surface area contributed by atoms with E-state index in [9.17, 15) is 13.2 Å². The molecule has 100 valence electrons. The van der Waals surface area contributed by atoms with E-state index in [1.54, 1.807) is 12.1 Å². The topological polar surface area (TPSA) is 75.3 Å². The van der Waals surface area contributed by atoms with Gasteiger partial charge in [-0.1, -0.05) is 15.9 Å². The molecule has 0 spiro atoms. The molecule has 0 aliphatic rings. The van der Waals surface area contributed by atoms with Gasteiger partial charge in [0.1, 0.15) is 0 Å². The number of nitrogens with one attached hydrogen (secondary N) is 2. The Bertz CT molecular complexity index is 543. The highest BCUT2D eigenvalue weighted by molar-refractivity contribution is 9.10. The van der Waals surface area contributed by atoms with Crippen molar-refractivity contribution >= 4 is 31.9 Å². The van der Waals surface area contributed by atoms with E-state index in [2.05, 4.69) is 26.0 Å². The number of carbonyl (C=O) groups excluding carboxylic acids is 1. The molecular formula is C11H15BrN2O3S. The van der Waals surface area contributed by atoms with E-state index in [1.165, 1.54) is 13.1 Å². The fourth-order valence-corrected chi connectivity index (χ4v) is 2.65. The zero-order valence-corrected chi connectivity index (χ0v) is 12.6. The van der Waals surface area contributed by atoms with Crippen molar-refractivity contribution in [3.05, 3.63) is 28.2 Å². The van der Waals surface area contributed by atoms with Gasteiger partial charge in [0.15, 0.2) is 0 Å². The van der Waals surface area contributed by atoms with E-state index in [0.29, 0.717) is 0 Å². The molecule has 0 aliphatic carbocycles. The SMILES string of the molecule is CNC(=O)CCNS(=O)(=O)c1ccc(Br)c(C)c1. The molecule has 0 unspecified atom stereocenters. The molecule has 2 N–H and O–H groups in total. The fraction of sp³-hybridized carbons (Fsp3) is 0.364. The third-order valence-electron chi connectivity index (χ3n) is 2.36. The van der Waals surface area contributed by atoms with Crippen molar-refractivity contribution < 1.29 is 13.2 Å². The predicted octanol–water partition coefficient (Wildman–Crippen LogP) is 1.17. The Balaban J connectivity index is 2.74. The lowest BCUT2D eigenvalue weighted by atomic mass is 10.2. The maximum absolute atomic E-state index is 11.9. The standard InChI is InChI=1S/C11H15BrN2O3S/c1-8-7-9(3-4-10(8)12)18(16,17)14-6-5-11(15)13-2/h3-4,7,14H,5-6H2,1-2H3,(H,13,15). The number of carbonyl (C=O) groups is 1. The molecule has 1 aromatic rings. The second-order valence-corrected chi connectivity index (χ2v) is 6.35. The molecule has 1 amide bonds. The summed E-state index contributed by atoms with van der Waals surface area (Å²) in [5, 5.41) is 2.43. The van der Waals surface area contributed by atoms with Gasteiger partial charge in [-0.05, 0) is 30.7 Å². The van der Waals surface area contributed by atoms with Crippen molar-refractivity contribution in [1.29, 1.82) is 0 Å². The van der Waals surface area contributed by atoms with Crippen molar-refractivity contribution in [2.45, 2.75) is 18.2 Å². The van der Waals surface area contributed by atoms with Gasteiger partial charge in [0.05, 0.1) is 4.90 Å². The van der Waals surface area contributed by atoms with Crippen molar-refractivity contribution in [2.24, 2.45) is 0 Å². The first-order valence-corrected chi connectivity index (χ1v) is 7.61. The van der Waals surface area contributed by atoms with Crippen LogP contribution >= 0.6 is 15.9 Å². The molecule has 0 fully saturated rings. The first-order valence-electron chi connectivity index (χ1n) is 5.33. The Hall–Kier alpha value is -0.920. The van der Waals surface area contributed by atoms with E-state index >= 15 is 0 Å². The van der Waals surface area contributed by atoms with Gasteiger partial charge in [-0.2, -0.15) is 0 Å². The van der Waals surface area contributed by atoms with Crippen LogP contribution in [0.5, 0.6) is 0 Å². The normalized spacial score (nSPS) is 11.3. The van der Waals surface area contributed by atoms with Gasteiger partial charge in [-0.25, -0.2) is 13.1 Å². The van der Waals surface area contributed by atoms with E-state index in [4.69, 9.17) is 0 Å². The van der Waals surface area contributed by atoms with Crippen molar-refractivity contribution in [2.75, 3.05) is 13.6 Å². The van der Waals surface area contributed by atoms with Gasteiger partial charge in [0.2, 0.25) is 15.9 Å². The van der Waals surface area contributed by atoms with Crippen LogP contribution in [-0.4, -0.2) is 27.9 Å². The molecule has 5 nitrogen and oxygen atoms in total. The van der Waals surface area contributed by atoms with Crippen LogP contribution < -0.4 is 10.0 Å². The van der Waals surface area contributed by atoms with Crippen LogP contribution in [0.2, 0.25) is 0 Å². The number of hydrogen-bond donors (Lipinski definition) is 2. The fourth-order valence-electron chi connectivity index (χ4n) is 1.29. The molecule has 0 heterocycles. The lowest BCUT2D eigenvalue weighted by Crippen LogP contribution is -2.29. The molecule has 0 radical (unpaired) electrons. The summed E-state index contributed by atoms with van der Waals surface area (Å²) in [6.07, 6.45) is 0.116. The largest absolute Gasteiger partial charge is 0.359 e. The second-order valence-electron chi connectivity index (χ2n) is 3.73. The van der Waals surface area contributed by atoms with Gasteiger partial charge >= 0.3 is 0 Å². The number of benzene rings is 1. The lowest BCUT2D eigenvalue weighted by molar-refractivity contribution is -0.120. The molecule has 7 heteroatoms. The Morgan fingerprint density at radius 2 is 2.06 bits per heavy atom. The molecule has 0 atom stereocenters. The van der Waals surface area contributed by atoms with Crippen LogP contribution in [0, 0.1) is 6.92 Å². The van der Waals surface area contributed by atoms with Crippen molar-refractivity contribution in [3.8, 4) is 0 Å². The Morgan fingerprint density at radius 3 is 2.61 bits per heavy atom. The minimum atomic E-state index is -3.55. The first-order chi connectivity index (χ1) is 8.36. The number of amides is 1. The number of sulfonamides is 1. The summed E-state index contributed by atoms with van der Waals surface area (Å²) in [6.45, 7) is 1.89. The van der Waals surface area contributed by atoms with Gasteiger partial charge in [-0.15, -0.1) is 0 Å². The molecule has 0 bridgehead atoms. The molecule has 0 aliphatic heterocycles. The highest BCUT2D eigenvalue weighted by Crippen LogP contribution is 2.19. The molecule has 18 heavy (non-hydrogen) atoms. The van der Waals surface area contributed by atoms with Gasteiger partial charge in [0.25, 0.3) is 0 Å². The second kappa shape index (κ2) is 6.31. The van der Waals surface area contributed by atoms with Crippen molar-refractivity contribution in [1.82, 2.24) is 10.0 Å². The van der Waals surface area contributed by atoms with Crippen LogP contribution in [0.3, 0.4) is 0 Å². The number of rotatable bonds is 5. The van der Waals surface area contributed by atoms with Gasteiger partial charge in [-0.3, -0.25) is 4.79 Å². The van der Waals surface area contributed by atoms with E-state index < -0.39 is 10.0 Å². The van der Waals surface area contributed by atoms with Crippen LogP contribution in [0.25, 0.3) is 0 Å². The zero-order chi connectivity index (χ0) is 13.8. The average Bonchev–Trinajstić information content (AvgIpc) is 2.32. The smallest absolute Gasteiger partial charge is 0.240 e. The summed E-state index contributed by atoms with van der Waals surface area (Å²) >= 11 is 3.31. The summed E-state index contributed by atoms with van der Waals surface area (Å²) in [6, 6.07) is 4.77. The minimum Gasteiger partial charge on any atom is -0.359 e. The highest BCUT2D eigenvalue weighted by Gasteiger charge is 2.14. The Morgan fingerprint density at radius 1 is 1.39 bits per heavy atom. The maximum Gasteiger partial charge on any atom is 0.240 e. The molecule has 1 aromatic carbocycles. The van der Waals surface area contributed by atoms with E-state index in [0.717, 1.165) is 10.0 Å². The predicted molar refractivity (Wildman–Crippen MR) is 72.8 cm³/mol. The lowest BCUT2D eigenvalue weighted by Gasteiger charge is -2.07. The Labute approximate surface area is 115 Å². The zero-order valence-electron chi connectivity index (χ0n) is 10.2. The van der Waals surface area contributed by atoms with Crippen LogP contribution in [-0.2, 0) is 14.8 Å². The molecular weight excluding hydrogens is 320 g/mol. The maximum atomic E-state index is 11.9. The van der Waals surface area contributed by atoms with Gasteiger partial charge in [0, 0.05) is 24.5 Å². The van der Waals surface area contributed by atoms with E-state index in [-0.39, 0.29) is 23.8 Å². The first kappa shape index (κ1) is 15.1. The molecule has 0 saturated carbocycles. The average molecular weight is 335 g/mol. The molecule has 0 saturated heterocycles. The quantitative estimate of drug-likeness (QED) is 0.848. The summed E-state index contributed by atoms with van der Waals surface area (Å²) in [7, 11) is -2.05. The van der Waals surface area contributed by atoms with Crippen LogP contribution in [0.1, 0.15) is 12.0 Å². The Kier molecular flexibility index (Phi) is 5.30. The summed E-state index contributed by atoms with van der Waals surface area (Å²) < 4.78 is 27.1. The van der Waals surface area contributed by atoms with Gasteiger partial charge < -0.3 is 5.32 Å².